The fourth-order valence-corrected chi connectivity index (χ4v) is 1.60. The quantitative estimate of drug-likeness (QED) is 0.680. The highest BCUT2D eigenvalue weighted by Gasteiger charge is 2.13. The first kappa shape index (κ1) is 13.4. The molecule has 0 fully saturated rings. The number of amides is 1. The van der Waals surface area contributed by atoms with Gasteiger partial charge in [-0.1, -0.05) is 26.7 Å². The van der Waals surface area contributed by atoms with Gasteiger partial charge < -0.3 is 10.0 Å². The molecule has 3 heteroatoms. The van der Waals surface area contributed by atoms with E-state index in [2.05, 4.69) is 13.8 Å². The van der Waals surface area contributed by atoms with E-state index in [-0.39, 0.29) is 12.5 Å². The maximum Gasteiger partial charge on any atom is 0.222 e. The number of aliphatic hydroxyl groups is 1. The third kappa shape index (κ3) is 5.22. The van der Waals surface area contributed by atoms with E-state index in [1.807, 2.05) is 6.92 Å². The SMILES string of the molecule is CCCC(C)CC(=O)N(CC)CCO. The highest BCUT2D eigenvalue weighted by atomic mass is 16.3. The van der Waals surface area contributed by atoms with E-state index in [9.17, 15) is 4.79 Å². The molecule has 0 spiro atoms. The molecule has 1 N–H and O–H groups in total. The molecule has 0 saturated heterocycles. The predicted octanol–water partition coefficient (Wildman–Crippen LogP) is 1.65. The summed E-state index contributed by atoms with van der Waals surface area (Å²) in [5.74, 6) is 0.628. The number of hydrogen-bond acceptors (Lipinski definition) is 2. The summed E-state index contributed by atoms with van der Waals surface area (Å²) < 4.78 is 0. The fourth-order valence-electron chi connectivity index (χ4n) is 1.60. The molecule has 0 saturated carbocycles. The number of likely N-dealkylation sites (N-methyl/N-ethyl adjacent to an activating group) is 1. The summed E-state index contributed by atoms with van der Waals surface area (Å²) in [6.07, 6.45) is 2.84. The minimum absolute atomic E-state index is 0.0573. The third-order valence-corrected chi connectivity index (χ3v) is 2.41. The minimum atomic E-state index is 0.0573. The van der Waals surface area contributed by atoms with Crippen LogP contribution in [0.25, 0.3) is 0 Å². The smallest absolute Gasteiger partial charge is 0.222 e. The highest BCUT2D eigenvalue weighted by molar-refractivity contribution is 5.76. The maximum absolute atomic E-state index is 11.7. The van der Waals surface area contributed by atoms with E-state index >= 15 is 0 Å². The number of aliphatic hydroxyl groups excluding tert-OH is 1. The molecule has 0 radical (unpaired) electrons. The second-order valence-corrected chi connectivity index (χ2v) is 3.79. The van der Waals surface area contributed by atoms with Crippen LogP contribution < -0.4 is 0 Å². The van der Waals surface area contributed by atoms with Gasteiger partial charge in [-0.25, -0.2) is 0 Å². The van der Waals surface area contributed by atoms with Gasteiger partial charge >= 0.3 is 0 Å². The van der Waals surface area contributed by atoms with Crippen molar-refractivity contribution in [2.45, 2.75) is 40.0 Å². The van der Waals surface area contributed by atoms with Gasteiger partial charge in [-0.3, -0.25) is 4.79 Å². The van der Waals surface area contributed by atoms with Gasteiger partial charge in [0.25, 0.3) is 0 Å². The third-order valence-electron chi connectivity index (χ3n) is 2.41. The molecule has 0 heterocycles. The van der Waals surface area contributed by atoms with Gasteiger partial charge in [-0.2, -0.15) is 0 Å². The molecule has 3 nitrogen and oxygen atoms in total. The summed E-state index contributed by atoms with van der Waals surface area (Å²) in [5, 5.41) is 8.76. The Bertz CT molecular complexity index is 159. The van der Waals surface area contributed by atoms with Crippen LogP contribution in [0, 0.1) is 5.92 Å². The minimum Gasteiger partial charge on any atom is -0.395 e. The molecule has 0 rings (SSSR count). The van der Waals surface area contributed by atoms with Crippen molar-refractivity contribution in [3.63, 3.8) is 0 Å². The lowest BCUT2D eigenvalue weighted by atomic mass is 10.0. The van der Waals surface area contributed by atoms with Crippen molar-refractivity contribution >= 4 is 5.91 Å². The van der Waals surface area contributed by atoms with Gasteiger partial charge in [0.1, 0.15) is 0 Å². The van der Waals surface area contributed by atoms with Crippen LogP contribution >= 0.6 is 0 Å². The molecule has 0 aliphatic carbocycles. The number of hydrogen-bond donors (Lipinski definition) is 1. The van der Waals surface area contributed by atoms with E-state index in [0.29, 0.717) is 25.4 Å². The summed E-state index contributed by atoms with van der Waals surface area (Å²) in [5.41, 5.74) is 0. The molecule has 1 amide bonds. The maximum atomic E-state index is 11.7. The zero-order chi connectivity index (χ0) is 11.0. The van der Waals surface area contributed by atoms with E-state index in [1.54, 1.807) is 4.90 Å². The van der Waals surface area contributed by atoms with Crippen LogP contribution in [0.4, 0.5) is 0 Å². The van der Waals surface area contributed by atoms with Crippen molar-refractivity contribution in [2.75, 3.05) is 19.7 Å². The molecule has 14 heavy (non-hydrogen) atoms. The molecule has 1 atom stereocenters. The average molecular weight is 201 g/mol. The van der Waals surface area contributed by atoms with Gasteiger partial charge in [0.15, 0.2) is 0 Å². The lowest BCUT2D eigenvalue weighted by molar-refractivity contribution is -0.132. The monoisotopic (exact) mass is 201 g/mol. The summed E-state index contributed by atoms with van der Waals surface area (Å²) in [6, 6.07) is 0. The Hall–Kier alpha value is -0.570. The first-order valence-electron chi connectivity index (χ1n) is 5.54. The molecular formula is C11H23NO2. The zero-order valence-electron chi connectivity index (χ0n) is 9.62. The molecule has 0 aromatic rings. The lowest BCUT2D eigenvalue weighted by Gasteiger charge is -2.21. The summed E-state index contributed by atoms with van der Waals surface area (Å²) in [4.78, 5) is 13.4. The molecule has 0 aliphatic rings. The standard InChI is InChI=1S/C11H23NO2/c1-4-6-10(3)9-11(14)12(5-2)7-8-13/h10,13H,4-9H2,1-3H3. The Morgan fingerprint density at radius 3 is 2.50 bits per heavy atom. The van der Waals surface area contributed by atoms with Gasteiger partial charge in [0.2, 0.25) is 5.91 Å². The van der Waals surface area contributed by atoms with Crippen LogP contribution in [0.3, 0.4) is 0 Å². The Morgan fingerprint density at radius 1 is 1.43 bits per heavy atom. The predicted molar refractivity (Wildman–Crippen MR) is 58.0 cm³/mol. The molecule has 0 aromatic heterocycles. The van der Waals surface area contributed by atoms with Gasteiger partial charge in [0, 0.05) is 19.5 Å². The first-order valence-corrected chi connectivity index (χ1v) is 5.54. The van der Waals surface area contributed by atoms with E-state index in [0.717, 1.165) is 12.8 Å². The molecule has 0 aliphatic heterocycles. The molecule has 0 aromatic carbocycles. The van der Waals surface area contributed by atoms with Gasteiger partial charge in [0.05, 0.1) is 6.61 Å². The van der Waals surface area contributed by atoms with Crippen LogP contribution in [0.15, 0.2) is 0 Å². The number of carbonyl (C=O) groups is 1. The number of nitrogens with zero attached hydrogens (tertiary/aromatic N) is 1. The Balaban J connectivity index is 3.90. The Kier molecular flexibility index (Phi) is 7.48. The summed E-state index contributed by atoms with van der Waals surface area (Å²) in [6.45, 7) is 7.40. The van der Waals surface area contributed by atoms with Crippen LogP contribution in [0.5, 0.6) is 0 Å². The van der Waals surface area contributed by atoms with Crippen LogP contribution in [-0.4, -0.2) is 35.6 Å². The van der Waals surface area contributed by atoms with Crippen molar-refractivity contribution in [2.24, 2.45) is 5.92 Å². The Labute approximate surface area is 87.1 Å². The van der Waals surface area contributed by atoms with Crippen molar-refractivity contribution in [3.05, 3.63) is 0 Å². The number of carbonyl (C=O) groups excluding carboxylic acids is 1. The average Bonchev–Trinajstić information content (AvgIpc) is 2.14. The summed E-state index contributed by atoms with van der Waals surface area (Å²) in [7, 11) is 0. The van der Waals surface area contributed by atoms with Gasteiger partial charge in [-0.15, -0.1) is 0 Å². The van der Waals surface area contributed by atoms with Crippen molar-refractivity contribution in [1.82, 2.24) is 4.90 Å². The fraction of sp³-hybridized carbons (Fsp3) is 0.909. The van der Waals surface area contributed by atoms with E-state index in [1.165, 1.54) is 0 Å². The highest BCUT2D eigenvalue weighted by Crippen LogP contribution is 2.11. The van der Waals surface area contributed by atoms with Crippen molar-refractivity contribution in [1.29, 1.82) is 0 Å². The first-order chi connectivity index (χ1) is 6.65. The molecule has 0 bridgehead atoms. The Morgan fingerprint density at radius 2 is 2.07 bits per heavy atom. The van der Waals surface area contributed by atoms with Crippen LogP contribution in [-0.2, 0) is 4.79 Å². The molecular weight excluding hydrogens is 178 g/mol. The lowest BCUT2D eigenvalue weighted by Crippen LogP contribution is -2.34. The van der Waals surface area contributed by atoms with E-state index < -0.39 is 0 Å². The number of rotatable bonds is 7. The zero-order valence-corrected chi connectivity index (χ0v) is 9.62. The molecule has 1 unspecified atom stereocenters. The second-order valence-electron chi connectivity index (χ2n) is 3.79. The van der Waals surface area contributed by atoms with Crippen LogP contribution in [0.2, 0.25) is 0 Å². The summed E-state index contributed by atoms with van der Waals surface area (Å²) >= 11 is 0. The van der Waals surface area contributed by atoms with Crippen molar-refractivity contribution in [3.8, 4) is 0 Å². The largest absolute Gasteiger partial charge is 0.395 e. The van der Waals surface area contributed by atoms with Crippen LogP contribution in [0.1, 0.15) is 40.0 Å². The van der Waals surface area contributed by atoms with Crippen molar-refractivity contribution < 1.29 is 9.90 Å². The second kappa shape index (κ2) is 7.80. The normalized spacial score (nSPS) is 12.6. The van der Waals surface area contributed by atoms with E-state index in [4.69, 9.17) is 5.11 Å². The van der Waals surface area contributed by atoms with Gasteiger partial charge in [-0.05, 0) is 12.8 Å². The molecule has 84 valence electrons. The topological polar surface area (TPSA) is 40.5 Å².